The zero-order valence-electron chi connectivity index (χ0n) is 9.71. The fraction of sp³-hybridized carbons (Fsp3) is 0.667. The first-order chi connectivity index (χ1) is 7.75. The molecule has 1 saturated heterocycles. The topological polar surface area (TPSA) is 15.3 Å². The lowest BCUT2D eigenvalue weighted by Crippen LogP contribution is -2.36. The Morgan fingerprint density at radius 3 is 3.12 bits per heavy atom. The molecule has 0 spiro atoms. The van der Waals surface area contributed by atoms with Gasteiger partial charge in [-0.3, -0.25) is 0 Å². The van der Waals surface area contributed by atoms with Gasteiger partial charge in [0.05, 0.1) is 0 Å². The van der Waals surface area contributed by atoms with Crippen molar-refractivity contribution >= 4 is 27.3 Å². The predicted molar refractivity (Wildman–Crippen MR) is 73.9 cm³/mol. The van der Waals surface area contributed by atoms with Crippen LogP contribution in [0, 0.1) is 5.92 Å². The van der Waals surface area contributed by atoms with Crippen LogP contribution in [0.2, 0.25) is 0 Å². The van der Waals surface area contributed by atoms with Crippen LogP contribution in [-0.2, 0) is 6.54 Å². The van der Waals surface area contributed by atoms with Gasteiger partial charge in [-0.1, -0.05) is 0 Å². The van der Waals surface area contributed by atoms with E-state index >= 15 is 0 Å². The van der Waals surface area contributed by atoms with Gasteiger partial charge < -0.3 is 10.2 Å². The average Bonchev–Trinajstić information content (AvgIpc) is 2.66. The molecule has 1 N–H and O–H groups in total. The van der Waals surface area contributed by atoms with Gasteiger partial charge in [0.15, 0.2) is 0 Å². The summed E-state index contributed by atoms with van der Waals surface area (Å²) in [4.78, 5) is 3.88. The first-order valence-electron chi connectivity index (χ1n) is 5.87. The van der Waals surface area contributed by atoms with E-state index in [0.717, 1.165) is 12.5 Å². The molecule has 0 amide bonds. The van der Waals surface area contributed by atoms with E-state index in [1.165, 1.54) is 41.8 Å². The van der Waals surface area contributed by atoms with Crippen molar-refractivity contribution in [2.45, 2.75) is 19.4 Å². The minimum absolute atomic E-state index is 0.831. The summed E-state index contributed by atoms with van der Waals surface area (Å²) in [5.41, 5.74) is 0. The highest BCUT2D eigenvalue weighted by molar-refractivity contribution is 9.10. The van der Waals surface area contributed by atoms with Gasteiger partial charge in [-0.15, -0.1) is 11.3 Å². The van der Waals surface area contributed by atoms with Crippen LogP contribution in [0.4, 0.5) is 0 Å². The van der Waals surface area contributed by atoms with E-state index in [2.05, 4.69) is 44.6 Å². The minimum Gasteiger partial charge on any atom is -0.316 e. The van der Waals surface area contributed by atoms with Gasteiger partial charge in [0.25, 0.3) is 0 Å². The summed E-state index contributed by atoms with van der Waals surface area (Å²) in [6, 6.07) is 2.13. The van der Waals surface area contributed by atoms with Crippen molar-refractivity contribution < 1.29 is 0 Å². The van der Waals surface area contributed by atoms with Gasteiger partial charge in [-0.05, 0) is 66.3 Å². The summed E-state index contributed by atoms with van der Waals surface area (Å²) in [7, 11) is 2.22. The van der Waals surface area contributed by atoms with Crippen molar-refractivity contribution in [2.24, 2.45) is 5.92 Å². The van der Waals surface area contributed by atoms with E-state index in [-0.39, 0.29) is 0 Å². The Balaban J connectivity index is 1.79. The van der Waals surface area contributed by atoms with Crippen LogP contribution in [0.5, 0.6) is 0 Å². The molecule has 2 nitrogen and oxygen atoms in total. The van der Waals surface area contributed by atoms with Gasteiger partial charge in [0.2, 0.25) is 0 Å². The Labute approximate surface area is 110 Å². The van der Waals surface area contributed by atoms with Crippen LogP contribution >= 0.6 is 27.3 Å². The molecule has 0 bridgehead atoms. The molecule has 1 aromatic rings. The number of hydrogen-bond donors (Lipinski definition) is 1. The molecule has 1 atom stereocenters. The van der Waals surface area contributed by atoms with Crippen LogP contribution in [0.3, 0.4) is 0 Å². The Bertz CT molecular complexity index is 321. The van der Waals surface area contributed by atoms with Gasteiger partial charge in [-0.2, -0.15) is 0 Å². The van der Waals surface area contributed by atoms with Gasteiger partial charge in [-0.25, -0.2) is 0 Å². The third-order valence-corrected chi connectivity index (χ3v) is 4.98. The number of nitrogens with one attached hydrogen (secondary N) is 1. The van der Waals surface area contributed by atoms with Crippen molar-refractivity contribution in [3.63, 3.8) is 0 Å². The fourth-order valence-corrected chi connectivity index (χ4v) is 3.83. The summed E-state index contributed by atoms with van der Waals surface area (Å²) in [6.45, 7) is 4.67. The van der Waals surface area contributed by atoms with Crippen molar-refractivity contribution in [2.75, 3.05) is 26.7 Å². The van der Waals surface area contributed by atoms with Crippen molar-refractivity contribution in [3.8, 4) is 0 Å². The van der Waals surface area contributed by atoms with Gasteiger partial charge in [0.1, 0.15) is 0 Å². The maximum absolute atomic E-state index is 3.59. The normalized spacial score (nSPS) is 21.6. The maximum Gasteiger partial charge on any atom is 0.0336 e. The second-order valence-electron chi connectivity index (χ2n) is 4.60. The minimum atomic E-state index is 0.831. The lowest BCUT2D eigenvalue weighted by atomic mass is 9.99. The van der Waals surface area contributed by atoms with Crippen molar-refractivity contribution in [3.05, 3.63) is 20.8 Å². The van der Waals surface area contributed by atoms with Crippen LogP contribution < -0.4 is 5.32 Å². The van der Waals surface area contributed by atoms with Crippen LogP contribution in [-0.4, -0.2) is 31.6 Å². The highest BCUT2D eigenvalue weighted by Crippen LogP contribution is 2.24. The molecule has 1 aromatic heterocycles. The standard InChI is InChI=1S/C12H19BrN2S/c1-15(8-10-3-2-5-14-7-10)9-12-11(13)4-6-16-12/h4,6,10,14H,2-3,5,7-9H2,1H3. The molecular weight excluding hydrogens is 284 g/mol. The van der Waals surface area contributed by atoms with Gasteiger partial charge >= 0.3 is 0 Å². The number of rotatable bonds is 4. The highest BCUT2D eigenvalue weighted by Gasteiger charge is 2.15. The Hall–Kier alpha value is 0.1000. The van der Waals surface area contributed by atoms with E-state index in [4.69, 9.17) is 0 Å². The maximum atomic E-state index is 3.59. The van der Waals surface area contributed by atoms with Crippen LogP contribution in [0.15, 0.2) is 15.9 Å². The highest BCUT2D eigenvalue weighted by atomic mass is 79.9. The lowest BCUT2D eigenvalue weighted by Gasteiger charge is -2.27. The van der Waals surface area contributed by atoms with E-state index in [1.54, 1.807) is 0 Å². The smallest absolute Gasteiger partial charge is 0.0336 e. The van der Waals surface area contributed by atoms with Crippen LogP contribution in [0.1, 0.15) is 17.7 Å². The molecule has 0 aromatic carbocycles. The molecule has 0 radical (unpaired) electrons. The van der Waals surface area contributed by atoms with E-state index in [1.807, 2.05) is 11.3 Å². The largest absolute Gasteiger partial charge is 0.316 e. The zero-order valence-corrected chi connectivity index (χ0v) is 12.1. The molecule has 1 aliphatic heterocycles. The van der Waals surface area contributed by atoms with Crippen molar-refractivity contribution in [1.29, 1.82) is 0 Å². The summed E-state index contributed by atoms with van der Waals surface area (Å²) >= 11 is 5.43. The van der Waals surface area contributed by atoms with E-state index in [9.17, 15) is 0 Å². The number of halogens is 1. The molecule has 2 heterocycles. The molecule has 1 unspecified atom stereocenters. The van der Waals surface area contributed by atoms with Crippen molar-refractivity contribution in [1.82, 2.24) is 10.2 Å². The van der Waals surface area contributed by atoms with E-state index < -0.39 is 0 Å². The fourth-order valence-electron chi connectivity index (χ4n) is 2.27. The molecule has 1 aliphatic rings. The Kier molecular flexibility index (Phi) is 4.82. The third-order valence-electron chi connectivity index (χ3n) is 3.07. The SMILES string of the molecule is CN(Cc1sccc1Br)CC1CCCNC1. The monoisotopic (exact) mass is 302 g/mol. The summed E-state index contributed by atoms with van der Waals surface area (Å²) in [6.07, 6.45) is 2.71. The number of piperidine rings is 1. The molecule has 0 saturated carbocycles. The number of hydrogen-bond acceptors (Lipinski definition) is 3. The Morgan fingerprint density at radius 1 is 1.62 bits per heavy atom. The molecule has 2 rings (SSSR count). The number of nitrogens with zero attached hydrogens (tertiary/aromatic N) is 1. The second-order valence-corrected chi connectivity index (χ2v) is 6.46. The molecule has 16 heavy (non-hydrogen) atoms. The van der Waals surface area contributed by atoms with E-state index in [0.29, 0.717) is 0 Å². The second kappa shape index (κ2) is 6.15. The summed E-state index contributed by atoms with van der Waals surface area (Å²) in [5.74, 6) is 0.831. The summed E-state index contributed by atoms with van der Waals surface area (Å²) in [5, 5.41) is 5.63. The number of thiophene rings is 1. The Morgan fingerprint density at radius 2 is 2.50 bits per heavy atom. The zero-order chi connectivity index (χ0) is 11.4. The van der Waals surface area contributed by atoms with Crippen LogP contribution in [0.25, 0.3) is 0 Å². The first-order valence-corrected chi connectivity index (χ1v) is 7.54. The van der Waals surface area contributed by atoms with Gasteiger partial charge in [0, 0.05) is 22.4 Å². The molecule has 1 fully saturated rings. The summed E-state index contributed by atoms with van der Waals surface area (Å²) < 4.78 is 1.26. The lowest BCUT2D eigenvalue weighted by molar-refractivity contribution is 0.238. The molecule has 0 aliphatic carbocycles. The molecular formula is C12H19BrN2S. The molecule has 90 valence electrons. The quantitative estimate of drug-likeness (QED) is 0.920. The third kappa shape index (κ3) is 3.55. The average molecular weight is 303 g/mol. The predicted octanol–water partition coefficient (Wildman–Crippen LogP) is 2.94. The molecule has 4 heteroatoms. The first kappa shape index (κ1) is 12.6.